The van der Waals surface area contributed by atoms with Gasteiger partial charge in [-0.1, -0.05) is 29.3 Å². The molecule has 4 nitrogen and oxygen atoms in total. The maximum Gasteiger partial charge on any atom is 0.256 e. The summed E-state index contributed by atoms with van der Waals surface area (Å²) in [5, 5.41) is 0.536. The van der Waals surface area contributed by atoms with Gasteiger partial charge in [0.25, 0.3) is 5.91 Å². The van der Waals surface area contributed by atoms with Gasteiger partial charge in [-0.2, -0.15) is 0 Å². The first-order chi connectivity index (χ1) is 9.99. The summed E-state index contributed by atoms with van der Waals surface area (Å²) in [6, 6.07) is 5.27. The van der Waals surface area contributed by atoms with Crippen molar-refractivity contribution >= 4 is 29.1 Å². The molecule has 0 radical (unpaired) electrons. The van der Waals surface area contributed by atoms with Crippen molar-refractivity contribution < 1.29 is 4.79 Å². The average Bonchev–Trinajstić information content (AvgIpc) is 2.47. The molecular weight excluding hydrogens is 309 g/mol. The molecule has 2 heterocycles. The molecule has 0 bridgehead atoms. The fourth-order valence-corrected chi connectivity index (χ4v) is 2.25. The van der Waals surface area contributed by atoms with E-state index in [1.807, 2.05) is 26.0 Å². The van der Waals surface area contributed by atoms with Crippen molar-refractivity contribution in [2.24, 2.45) is 0 Å². The van der Waals surface area contributed by atoms with Gasteiger partial charge in [0, 0.05) is 31.2 Å². The third-order valence-electron chi connectivity index (χ3n) is 3.01. The smallest absolute Gasteiger partial charge is 0.256 e. The molecule has 0 atom stereocenters. The lowest BCUT2D eigenvalue weighted by molar-refractivity contribution is 0.0690. The molecule has 110 valence electrons. The Kier molecular flexibility index (Phi) is 5.15. The highest BCUT2D eigenvalue weighted by atomic mass is 35.5. The number of hydrogen-bond donors (Lipinski definition) is 0. The predicted molar refractivity (Wildman–Crippen MR) is 83.5 cm³/mol. The van der Waals surface area contributed by atoms with Crippen molar-refractivity contribution in [3.63, 3.8) is 0 Å². The molecular formula is C15H15Cl2N3O. The van der Waals surface area contributed by atoms with Crippen molar-refractivity contribution in [2.75, 3.05) is 0 Å². The average molecular weight is 324 g/mol. The summed E-state index contributed by atoms with van der Waals surface area (Å²) in [6.07, 6.45) is 4.83. The Labute approximate surface area is 133 Å². The number of rotatable bonds is 4. The number of amides is 1. The van der Waals surface area contributed by atoms with Gasteiger partial charge >= 0.3 is 0 Å². The van der Waals surface area contributed by atoms with Crippen LogP contribution in [0.15, 0.2) is 36.8 Å². The molecule has 0 saturated heterocycles. The SMILES string of the molecule is CC(C)N(Cc1cccnc1)C(=O)c1cc(Cl)ncc1Cl. The van der Waals surface area contributed by atoms with Crippen LogP contribution in [0.4, 0.5) is 0 Å². The topological polar surface area (TPSA) is 46.1 Å². The van der Waals surface area contributed by atoms with E-state index in [0.29, 0.717) is 17.1 Å². The minimum atomic E-state index is -0.178. The van der Waals surface area contributed by atoms with Gasteiger partial charge in [-0.3, -0.25) is 9.78 Å². The summed E-state index contributed by atoms with van der Waals surface area (Å²) in [7, 11) is 0. The van der Waals surface area contributed by atoms with Crippen LogP contribution in [-0.4, -0.2) is 26.8 Å². The first kappa shape index (κ1) is 15.7. The van der Waals surface area contributed by atoms with Gasteiger partial charge in [0.1, 0.15) is 5.15 Å². The molecule has 2 aromatic heterocycles. The summed E-state index contributed by atoms with van der Waals surface area (Å²) >= 11 is 11.9. The van der Waals surface area contributed by atoms with E-state index in [2.05, 4.69) is 9.97 Å². The fourth-order valence-electron chi connectivity index (χ4n) is 1.91. The molecule has 0 aromatic carbocycles. The molecule has 6 heteroatoms. The molecule has 21 heavy (non-hydrogen) atoms. The quantitative estimate of drug-likeness (QED) is 0.803. The molecule has 2 aromatic rings. The number of halogens is 2. The molecule has 0 spiro atoms. The van der Waals surface area contributed by atoms with E-state index in [-0.39, 0.29) is 17.1 Å². The van der Waals surface area contributed by atoms with Gasteiger partial charge in [-0.15, -0.1) is 0 Å². The number of nitrogens with zero attached hydrogens (tertiary/aromatic N) is 3. The summed E-state index contributed by atoms with van der Waals surface area (Å²) in [6.45, 7) is 4.36. The van der Waals surface area contributed by atoms with Crippen LogP contribution in [0, 0.1) is 0 Å². The molecule has 0 saturated carbocycles. The first-order valence-electron chi connectivity index (χ1n) is 6.50. The van der Waals surface area contributed by atoms with E-state index in [0.717, 1.165) is 5.56 Å². The van der Waals surface area contributed by atoms with Crippen molar-refractivity contribution in [3.8, 4) is 0 Å². The number of aromatic nitrogens is 2. The van der Waals surface area contributed by atoms with Crippen molar-refractivity contribution in [1.82, 2.24) is 14.9 Å². The third-order valence-corrected chi connectivity index (χ3v) is 3.52. The molecule has 0 aliphatic carbocycles. The lowest BCUT2D eigenvalue weighted by atomic mass is 10.1. The van der Waals surface area contributed by atoms with Crippen molar-refractivity contribution in [2.45, 2.75) is 26.4 Å². The summed E-state index contributed by atoms with van der Waals surface area (Å²) < 4.78 is 0. The van der Waals surface area contributed by atoms with E-state index >= 15 is 0 Å². The molecule has 0 unspecified atom stereocenters. The van der Waals surface area contributed by atoms with E-state index in [1.165, 1.54) is 12.3 Å². The standard InChI is InChI=1S/C15H15Cl2N3O/c1-10(2)20(9-11-4-3-5-18-7-11)15(21)12-6-14(17)19-8-13(12)16/h3-8,10H,9H2,1-2H3. The van der Waals surface area contributed by atoms with Gasteiger partial charge in [0.2, 0.25) is 0 Å². The van der Waals surface area contributed by atoms with Gasteiger partial charge in [0.15, 0.2) is 0 Å². The minimum absolute atomic E-state index is 0.0145. The maximum absolute atomic E-state index is 12.7. The van der Waals surface area contributed by atoms with Crippen LogP contribution in [-0.2, 0) is 6.54 Å². The highest BCUT2D eigenvalue weighted by Gasteiger charge is 2.22. The normalized spacial score (nSPS) is 10.7. The number of carbonyl (C=O) groups excluding carboxylic acids is 1. The zero-order valence-electron chi connectivity index (χ0n) is 11.8. The molecule has 1 amide bonds. The van der Waals surface area contributed by atoms with Crippen LogP contribution >= 0.6 is 23.2 Å². The van der Waals surface area contributed by atoms with E-state index in [9.17, 15) is 4.79 Å². The Morgan fingerprint density at radius 2 is 2.10 bits per heavy atom. The van der Waals surface area contributed by atoms with Crippen LogP contribution in [0.3, 0.4) is 0 Å². The Balaban J connectivity index is 2.30. The van der Waals surface area contributed by atoms with E-state index in [4.69, 9.17) is 23.2 Å². The van der Waals surface area contributed by atoms with Crippen LogP contribution < -0.4 is 0 Å². The second kappa shape index (κ2) is 6.87. The highest BCUT2D eigenvalue weighted by molar-refractivity contribution is 6.35. The van der Waals surface area contributed by atoms with Gasteiger partial charge in [0.05, 0.1) is 10.6 Å². The number of carbonyl (C=O) groups is 1. The van der Waals surface area contributed by atoms with Crippen LogP contribution in [0.5, 0.6) is 0 Å². The molecule has 0 aliphatic heterocycles. The van der Waals surface area contributed by atoms with Crippen molar-refractivity contribution in [1.29, 1.82) is 0 Å². The Hall–Kier alpha value is -1.65. The molecule has 2 rings (SSSR count). The zero-order chi connectivity index (χ0) is 15.4. The third kappa shape index (κ3) is 3.93. The second-order valence-electron chi connectivity index (χ2n) is 4.87. The minimum Gasteiger partial charge on any atom is -0.332 e. The van der Waals surface area contributed by atoms with E-state index < -0.39 is 0 Å². The maximum atomic E-state index is 12.7. The van der Waals surface area contributed by atoms with E-state index in [1.54, 1.807) is 17.3 Å². The molecule has 0 N–H and O–H groups in total. The van der Waals surface area contributed by atoms with Gasteiger partial charge in [-0.05, 0) is 31.5 Å². The number of pyridine rings is 2. The lowest BCUT2D eigenvalue weighted by Gasteiger charge is -2.27. The summed E-state index contributed by atoms with van der Waals surface area (Å²) in [4.78, 5) is 22.3. The van der Waals surface area contributed by atoms with Crippen LogP contribution in [0.25, 0.3) is 0 Å². The highest BCUT2D eigenvalue weighted by Crippen LogP contribution is 2.22. The lowest BCUT2D eigenvalue weighted by Crippen LogP contribution is -2.36. The summed E-state index contributed by atoms with van der Waals surface area (Å²) in [5.41, 5.74) is 1.31. The zero-order valence-corrected chi connectivity index (χ0v) is 13.3. The molecule has 0 fully saturated rings. The predicted octanol–water partition coefficient (Wildman–Crippen LogP) is 3.83. The van der Waals surface area contributed by atoms with Gasteiger partial charge < -0.3 is 4.90 Å². The largest absolute Gasteiger partial charge is 0.332 e. The van der Waals surface area contributed by atoms with Gasteiger partial charge in [-0.25, -0.2) is 4.98 Å². The summed E-state index contributed by atoms with van der Waals surface area (Å²) in [5.74, 6) is -0.178. The Morgan fingerprint density at radius 1 is 1.33 bits per heavy atom. The number of hydrogen-bond acceptors (Lipinski definition) is 3. The first-order valence-corrected chi connectivity index (χ1v) is 7.25. The molecule has 0 aliphatic rings. The Bertz CT molecular complexity index is 632. The van der Waals surface area contributed by atoms with Crippen LogP contribution in [0.1, 0.15) is 29.8 Å². The van der Waals surface area contributed by atoms with Crippen molar-refractivity contribution in [3.05, 3.63) is 58.1 Å². The Morgan fingerprint density at radius 3 is 2.71 bits per heavy atom. The fraction of sp³-hybridized carbons (Fsp3) is 0.267. The monoisotopic (exact) mass is 323 g/mol. The van der Waals surface area contributed by atoms with Crippen LogP contribution in [0.2, 0.25) is 10.2 Å². The second-order valence-corrected chi connectivity index (χ2v) is 5.67.